The minimum atomic E-state index is -3.59. The van der Waals surface area contributed by atoms with Gasteiger partial charge >= 0.3 is 0 Å². The van der Waals surface area contributed by atoms with Crippen LogP contribution in [0.25, 0.3) is 10.6 Å². The van der Waals surface area contributed by atoms with Crippen molar-refractivity contribution in [1.29, 1.82) is 0 Å². The van der Waals surface area contributed by atoms with Crippen molar-refractivity contribution in [3.8, 4) is 10.6 Å². The number of H-pyrrole nitrogens is 1. The van der Waals surface area contributed by atoms with Gasteiger partial charge in [0.05, 0.1) is 27.0 Å². The van der Waals surface area contributed by atoms with Crippen molar-refractivity contribution in [1.82, 2.24) is 19.5 Å². The van der Waals surface area contributed by atoms with Gasteiger partial charge in [0.15, 0.2) is 0 Å². The summed E-state index contributed by atoms with van der Waals surface area (Å²) in [5.41, 5.74) is 2.48. The monoisotopic (exact) mass is 410 g/mol. The summed E-state index contributed by atoms with van der Waals surface area (Å²) in [6.07, 6.45) is 0. The Hall–Kier alpha value is -1.55. The topological polar surface area (TPSA) is 79.0 Å². The Labute approximate surface area is 162 Å². The smallest absolute Gasteiger partial charge is 0.244 e. The molecule has 140 valence electrons. The second kappa shape index (κ2) is 7.22. The molecule has 0 aliphatic carbocycles. The highest BCUT2D eigenvalue weighted by molar-refractivity contribution is 7.89. The fourth-order valence-corrected chi connectivity index (χ4v) is 6.02. The van der Waals surface area contributed by atoms with Crippen LogP contribution in [0.4, 0.5) is 0 Å². The zero-order chi connectivity index (χ0) is 19.1. The summed E-state index contributed by atoms with van der Waals surface area (Å²) in [6, 6.07) is 3.62. The van der Waals surface area contributed by atoms with E-state index in [-0.39, 0.29) is 6.54 Å². The van der Waals surface area contributed by atoms with E-state index in [0.717, 1.165) is 31.8 Å². The van der Waals surface area contributed by atoms with Gasteiger partial charge in [0, 0.05) is 28.9 Å². The van der Waals surface area contributed by atoms with Crippen LogP contribution in [0.5, 0.6) is 0 Å². The van der Waals surface area contributed by atoms with Crippen LogP contribution in [-0.4, -0.2) is 35.0 Å². The predicted molar refractivity (Wildman–Crippen MR) is 106 cm³/mol. The SMILES string of the molecule is Cc1cc(-c2cc(S(=O)(=O)N(C)Cc3csc(C(C)C)n3)c(C)s2)n[nH]1. The highest BCUT2D eigenvalue weighted by atomic mass is 32.2. The molecule has 3 aromatic rings. The highest BCUT2D eigenvalue weighted by Gasteiger charge is 2.26. The summed E-state index contributed by atoms with van der Waals surface area (Å²) >= 11 is 3.01. The summed E-state index contributed by atoms with van der Waals surface area (Å²) in [6.45, 7) is 8.17. The molecule has 6 nitrogen and oxygen atoms in total. The second-order valence-electron chi connectivity index (χ2n) is 6.56. The largest absolute Gasteiger partial charge is 0.282 e. The van der Waals surface area contributed by atoms with E-state index in [0.29, 0.717) is 10.8 Å². The first-order valence-electron chi connectivity index (χ1n) is 8.22. The maximum Gasteiger partial charge on any atom is 0.244 e. The lowest BCUT2D eigenvalue weighted by molar-refractivity contribution is 0.462. The number of nitrogens with zero attached hydrogens (tertiary/aromatic N) is 3. The minimum absolute atomic E-state index is 0.262. The first-order chi connectivity index (χ1) is 12.2. The molecule has 0 saturated heterocycles. The molecule has 26 heavy (non-hydrogen) atoms. The predicted octanol–water partition coefficient (Wildman–Crippen LogP) is 4.16. The fraction of sp³-hybridized carbons (Fsp3) is 0.412. The van der Waals surface area contributed by atoms with Crippen molar-refractivity contribution in [3.63, 3.8) is 0 Å². The molecule has 0 aliphatic heterocycles. The quantitative estimate of drug-likeness (QED) is 0.662. The Morgan fingerprint density at radius 3 is 2.58 bits per heavy atom. The third-order valence-corrected chi connectivity index (χ3v) is 8.29. The number of thiophene rings is 1. The zero-order valence-corrected chi connectivity index (χ0v) is 17.8. The van der Waals surface area contributed by atoms with Gasteiger partial charge in [0.25, 0.3) is 0 Å². The number of aromatic nitrogens is 3. The van der Waals surface area contributed by atoms with E-state index in [4.69, 9.17) is 0 Å². The van der Waals surface area contributed by atoms with Crippen LogP contribution in [-0.2, 0) is 16.6 Å². The van der Waals surface area contributed by atoms with Gasteiger partial charge in [0.2, 0.25) is 10.0 Å². The lowest BCUT2D eigenvalue weighted by atomic mass is 10.2. The van der Waals surface area contributed by atoms with Gasteiger partial charge in [-0.25, -0.2) is 13.4 Å². The normalized spacial score (nSPS) is 12.4. The fourth-order valence-electron chi connectivity index (χ4n) is 2.53. The molecule has 3 rings (SSSR count). The Kier molecular flexibility index (Phi) is 5.34. The molecular weight excluding hydrogens is 388 g/mol. The van der Waals surface area contributed by atoms with Crippen molar-refractivity contribution in [2.75, 3.05) is 7.05 Å². The molecule has 0 aliphatic rings. The number of sulfonamides is 1. The number of aromatic amines is 1. The number of thiazole rings is 1. The van der Waals surface area contributed by atoms with E-state index in [1.165, 1.54) is 15.6 Å². The zero-order valence-electron chi connectivity index (χ0n) is 15.4. The van der Waals surface area contributed by atoms with Gasteiger partial charge in [-0.3, -0.25) is 5.10 Å². The third-order valence-electron chi connectivity index (χ3n) is 3.97. The summed E-state index contributed by atoms with van der Waals surface area (Å²) in [5.74, 6) is 0.342. The first kappa shape index (κ1) is 19.2. The summed E-state index contributed by atoms with van der Waals surface area (Å²) < 4.78 is 27.4. The highest BCUT2D eigenvalue weighted by Crippen LogP contribution is 2.34. The second-order valence-corrected chi connectivity index (χ2v) is 10.7. The number of hydrogen-bond donors (Lipinski definition) is 1. The van der Waals surface area contributed by atoms with Crippen molar-refractivity contribution >= 4 is 32.7 Å². The number of rotatable bonds is 6. The van der Waals surface area contributed by atoms with E-state index < -0.39 is 10.0 Å². The minimum Gasteiger partial charge on any atom is -0.282 e. The molecule has 0 saturated carbocycles. The Bertz CT molecular complexity index is 1010. The van der Waals surface area contributed by atoms with Gasteiger partial charge < -0.3 is 0 Å². The standard InChI is InChI=1S/C17H22N4O2S3/c1-10(2)17-18-13(9-24-17)8-21(5)26(22,23)16-7-15(25-12(16)4)14-6-11(3)19-20-14/h6-7,9-10H,8H2,1-5H3,(H,19,20). The van der Waals surface area contributed by atoms with Gasteiger partial charge in [-0.2, -0.15) is 9.40 Å². The van der Waals surface area contributed by atoms with Crippen LogP contribution in [0.2, 0.25) is 0 Å². The van der Waals surface area contributed by atoms with Crippen molar-refractivity contribution in [2.45, 2.75) is 45.1 Å². The lowest BCUT2D eigenvalue weighted by Gasteiger charge is -2.15. The molecule has 3 heterocycles. The van der Waals surface area contributed by atoms with Crippen molar-refractivity contribution < 1.29 is 8.42 Å². The maximum absolute atomic E-state index is 13.0. The van der Waals surface area contributed by atoms with E-state index in [1.54, 1.807) is 24.5 Å². The molecule has 0 aromatic carbocycles. The molecule has 9 heteroatoms. The first-order valence-corrected chi connectivity index (χ1v) is 11.4. The molecule has 0 amide bonds. The third kappa shape index (κ3) is 3.75. The van der Waals surface area contributed by atoms with Crippen LogP contribution in [0, 0.1) is 13.8 Å². The van der Waals surface area contributed by atoms with Gasteiger partial charge in [-0.1, -0.05) is 13.8 Å². The average molecular weight is 411 g/mol. The van der Waals surface area contributed by atoms with Crippen LogP contribution >= 0.6 is 22.7 Å². The molecule has 3 aromatic heterocycles. The van der Waals surface area contributed by atoms with Gasteiger partial charge in [-0.15, -0.1) is 22.7 Å². The molecule has 0 radical (unpaired) electrons. The van der Waals surface area contributed by atoms with E-state index in [2.05, 4.69) is 29.0 Å². The summed E-state index contributed by atoms with van der Waals surface area (Å²) in [4.78, 5) is 6.47. The Balaban J connectivity index is 1.86. The number of hydrogen-bond acceptors (Lipinski definition) is 6. The molecule has 0 unspecified atom stereocenters. The Morgan fingerprint density at radius 1 is 1.27 bits per heavy atom. The molecule has 0 spiro atoms. The molecule has 0 fully saturated rings. The molecule has 1 N–H and O–H groups in total. The van der Waals surface area contributed by atoms with Crippen LogP contribution in [0.15, 0.2) is 22.4 Å². The average Bonchev–Trinajstić information content (AvgIpc) is 3.27. The number of nitrogens with one attached hydrogen (secondary N) is 1. The summed E-state index contributed by atoms with van der Waals surface area (Å²) in [7, 11) is -1.99. The van der Waals surface area contributed by atoms with Gasteiger partial charge in [0.1, 0.15) is 5.69 Å². The van der Waals surface area contributed by atoms with Crippen LogP contribution in [0.3, 0.4) is 0 Å². The van der Waals surface area contributed by atoms with Crippen molar-refractivity contribution in [2.24, 2.45) is 0 Å². The Morgan fingerprint density at radius 2 is 2.00 bits per heavy atom. The maximum atomic E-state index is 13.0. The molecule has 0 atom stereocenters. The van der Waals surface area contributed by atoms with E-state index >= 15 is 0 Å². The molecular formula is C17H22N4O2S3. The summed E-state index contributed by atoms with van der Waals surface area (Å²) in [5, 5.41) is 10.1. The van der Waals surface area contributed by atoms with Crippen LogP contribution in [0.1, 0.15) is 41.0 Å². The van der Waals surface area contributed by atoms with Gasteiger partial charge in [-0.05, 0) is 26.0 Å². The molecule has 0 bridgehead atoms. The van der Waals surface area contributed by atoms with E-state index in [1.807, 2.05) is 25.3 Å². The van der Waals surface area contributed by atoms with Crippen LogP contribution < -0.4 is 0 Å². The van der Waals surface area contributed by atoms with Crippen molar-refractivity contribution in [3.05, 3.63) is 38.8 Å². The lowest BCUT2D eigenvalue weighted by Crippen LogP contribution is -2.26. The van der Waals surface area contributed by atoms with E-state index in [9.17, 15) is 8.42 Å². The number of aryl methyl sites for hydroxylation is 2.